The summed E-state index contributed by atoms with van der Waals surface area (Å²) < 4.78 is 23.8. The van der Waals surface area contributed by atoms with Gasteiger partial charge in [-0.2, -0.15) is 4.98 Å². The van der Waals surface area contributed by atoms with Crippen molar-refractivity contribution < 1.29 is 13.9 Å². The summed E-state index contributed by atoms with van der Waals surface area (Å²) in [5, 5.41) is 6.29. The number of hydrogen-bond donors (Lipinski definition) is 2. The van der Waals surface area contributed by atoms with Crippen LogP contribution in [-0.4, -0.2) is 24.2 Å². The SMILES string of the molecule is COc1ccc(Nc2nc(Cl)cc(Nc3ccc(OC)c(F)c3)n2)cc1. The Morgan fingerprint density at radius 1 is 0.885 bits per heavy atom. The molecule has 0 aliphatic carbocycles. The smallest absolute Gasteiger partial charge is 0.230 e. The van der Waals surface area contributed by atoms with Crippen LogP contribution in [0.25, 0.3) is 0 Å². The molecule has 3 rings (SSSR count). The first kappa shape index (κ1) is 17.8. The molecule has 0 bridgehead atoms. The van der Waals surface area contributed by atoms with Crippen LogP contribution in [0.1, 0.15) is 0 Å². The van der Waals surface area contributed by atoms with E-state index in [1.165, 1.54) is 19.2 Å². The average Bonchev–Trinajstić information content (AvgIpc) is 2.62. The molecule has 0 fully saturated rings. The van der Waals surface area contributed by atoms with Crippen molar-refractivity contribution in [1.29, 1.82) is 0 Å². The van der Waals surface area contributed by atoms with Crippen LogP contribution in [0.2, 0.25) is 5.15 Å². The molecule has 26 heavy (non-hydrogen) atoms. The Bertz CT molecular complexity index is 906. The van der Waals surface area contributed by atoms with E-state index >= 15 is 0 Å². The van der Waals surface area contributed by atoms with E-state index in [1.807, 2.05) is 24.3 Å². The summed E-state index contributed by atoms with van der Waals surface area (Å²) in [6.07, 6.45) is 0. The monoisotopic (exact) mass is 374 g/mol. The minimum atomic E-state index is -0.478. The van der Waals surface area contributed by atoms with Gasteiger partial charge in [0.1, 0.15) is 16.7 Å². The molecule has 0 aliphatic rings. The number of methoxy groups -OCH3 is 2. The standard InChI is InChI=1S/C18H16ClFN4O2/c1-25-13-6-3-11(4-7-13)22-18-23-16(19)10-17(24-18)21-12-5-8-15(26-2)14(20)9-12/h3-10H,1-2H3,(H2,21,22,23,24). The average molecular weight is 375 g/mol. The van der Waals surface area contributed by atoms with E-state index in [2.05, 4.69) is 20.6 Å². The predicted molar refractivity (Wildman–Crippen MR) is 99.6 cm³/mol. The van der Waals surface area contributed by atoms with Gasteiger partial charge in [-0.05, 0) is 36.4 Å². The van der Waals surface area contributed by atoms with Crippen molar-refractivity contribution in [2.45, 2.75) is 0 Å². The minimum absolute atomic E-state index is 0.165. The number of nitrogens with one attached hydrogen (secondary N) is 2. The normalized spacial score (nSPS) is 10.3. The van der Waals surface area contributed by atoms with Crippen LogP contribution < -0.4 is 20.1 Å². The molecule has 0 saturated heterocycles. The van der Waals surface area contributed by atoms with E-state index in [-0.39, 0.29) is 10.9 Å². The summed E-state index contributed by atoms with van der Waals surface area (Å²) in [7, 11) is 3.01. The lowest BCUT2D eigenvalue weighted by Crippen LogP contribution is -2.01. The Labute approximate surface area is 155 Å². The first-order chi connectivity index (χ1) is 12.6. The molecule has 1 heterocycles. The van der Waals surface area contributed by atoms with Crippen molar-refractivity contribution in [3.8, 4) is 11.5 Å². The van der Waals surface area contributed by atoms with Gasteiger partial charge in [-0.25, -0.2) is 9.37 Å². The zero-order chi connectivity index (χ0) is 18.5. The largest absolute Gasteiger partial charge is 0.497 e. The maximum absolute atomic E-state index is 13.8. The third-order valence-corrected chi connectivity index (χ3v) is 3.66. The summed E-state index contributed by atoms with van der Waals surface area (Å²) in [6, 6.07) is 13.3. The van der Waals surface area contributed by atoms with Crippen LogP contribution in [-0.2, 0) is 0 Å². The highest BCUT2D eigenvalue weighted by Gasteiger charge is 2.07. The van der Waals surface area contributed by atoms with Crippen LogP contribution in [0, 0.1) is 5.82 Å². The van der Waals surface area contributed by atoms with Crippen molar-refractivity contribution in [1.82, 2.24) is 9.97 Å². The molecule has 6 nitrogen and oxygen atoms in total. The molecule has 0 saturated carbocycles. The second kappa shape index (κ2) is 7.88. The van der Waals surface area contributed by atoms with E-state index in [0.29, 0.717) is 17.5 Å². The number of aromatic nitrogens is 2. The van der Waals surface area contributed by atoms with E-state index in [4.69, 9.17) is 21.1 Å². The van der Waals surface area contributed by atoms with Gasteiger partial charge < -0.3 is 20.1 Å². The van der Waals surface area contributed by atoms with Crippen LogP contribution in [0.3, 0.4) is 0 Å². The van der Waals surface area contributed by atoms with Crippen molar-refractivity contribution in [2.75, 3.05) is 24.9 Å². The molecule has 2 aromatic carbocycles. The van der Waals surface area contributed by atoms with Gasteiger partial charge in [0.2, 0.25) is 5.95 Å². The van der Waals surface area contributed by atoms with Crippen LogP contribution in [0.5, 0.6) is 11.5 Å². The number of nitrogens with zero attached hydrogens (tertiary/aromatic N) is 2. The second-order valence-electron chi connectivity index (χ2n) is 5.23. The molecular formula is C18H16ClFN4O2. The maximum Gasteiger partial charge on any atom is 0.230 e. The Balaban J connectivity index is 1.79. The van der Waals surface area contributed by atoms with Crippen molar-refractivity contribution in [2.24, 2.45) is 0 Å². The maximum atomic E-state index is 13.8. The number of hydrogen-bond acceptors (Lipinski definition) is 6. The van der Waals surface area contributed by atoms with Crippen molar-refractivity contribution in [3.05, 3.63) is 59.5 Å². The fourth-order valence-electron chi connectivity index (χ4n) is 2.23. The van der Waals surface area contributed by atoms with Crippen molar-refractivity contribution >= 4 is 34.7 Å². The second-order valence-corrected chi connectivity index (χ2v) is 5.61. The van der Waals surface area contributed by atoms with Gasteiger partial charge in [0.05, 0.1) is 14.2 Å². The molecule has 0 spiro atoms. The highest BCUT2D eigenvalue weighted by atomic mass is 35.5. The molecule has 0 radical (unpaired) electrons. The van der Waals surface area contributed by atoms with Gasteiger partial charge in [-0.15, -0.1) is 0 Å². The van der Waals surface area contributed by atoms with E-state index in [1.54, 1.807) is 19.2 Å². The van der Waals surface area contributed by atoms with Gasteiger partial charge in [0, 0.05) is 23.5 Å². The number of benzene rings is 2. The Morgan fingerprint density at radius 2 is 1.62 bits per heavy atom. The fourth-order valence-corrected chi connectivity index (χ4v) is 2.42. The van der Waals surface area contributed by atoms with Gasteiger partial charge >= 0.3 is 0 Å². The Hall–Kier alpha value is -3.06. The molecule has 3 aromatic rings. The van der Waals surface area contributed by atoms with Crippen LogP contribution in [0.15, 0.2) is 48.5 Å². The molecule has 134 valence electrons. The van der Waals surface area contributed by atoms with E-state index in [0.717, 1.165) is 11.4 Å². The van der Waals surface area contributed by atoms with E-state index in [9.17, 15) is 4.39 Å². The zero-order valence-corrected chi connectivity index (χ0v) is 14.8. The molecule has 8 heteroatoms. The lowest BCUT2D eigenvalue weighted by Gasteiger charge is -2.10. The molecule has 0 atom stereocenters. The minimum Gasteiger partial charge on any atom is -0.497 e. The van der Waals surface area contributed by atoms with Gasteiger partial charge in [0.25, 0.3) is 0 Å². The summed E-state index contributed by atoms with van der Waals surface area (Å²) >= 11 is 6.06. The number of anilines is 4. The number of ether oxygens (including phenoxy) is 2. The fraction of sp³-hybridized carbons (Fsp3) is 0.111. The third-order valence-electron chi connectivity index (χ3n) is 3.47. The Morgan fingerprint density at radius 3 is 2.27 bits per heavy atom. The molecular weight excluding hydrogens is 359 g/mol. The van der Waals surface area contributed by atoms with Gasteiger partial charge in [-0.3, -0.25) is 0 Å². The molecule has 0 aliphatic heterocycles. The van der Waals surface area contributed by atoms with Gasteiger partial charge in [-0.1, -0.05) is 11.6 Å². The highest BCUT2D eigenvalue weighted by Crippen LogP contribution is 2.25. The molecule has 0 unspecified atom stereocenters. The zero-order valence-electron chi connectivity index (χ0n) is 14.1. The third kappa shape index (κ3) is 4.31. The number of halogens is 2. The number of rotatable bonds is 6. The quantitative estimate of drug-likeness (QED) is 0.605. The van der Waals surface area contributed by atoms with Crippen LogP contribution >= 0.6 is 11.6 Å². The predicted octanol–water partition coefficient (Wildman–Crippen LogP) is 4.77. The van der Waals surface area contributed by atoms with Gasteiger partial charge in [0.15, 0.2) is 11.6 Å². The van der Waals surface area contributed by atoms with Crippen molar-refractivity contribution in [3.63, 3.8) is 0 Å². The summed E-state index contributed by atoms with van der Waals surface area (Å²) in [4.78, 5) is 8.47. The topological polar surface area (TPSA) is 68.3 Å². The van der Waals surface area contributed by atoms with Crippen LogP contribution in [0.4, 0.5) is 27.5 Å². The summed E-state index contributed by atoms with van der Waals surface area (Å²) in [5.74, 6) is 1.16. The lowest BCUT2D eigenvalue weighted by atomic mass is 10.3. The Kier molecular flexibility index (Phi) is 5.38. The molecule has 2 N–H and O–H groups in total. The molecule has 1 aromatic heterocycles. The summed E-state index contributed by atoms with van der Waals surface area (Å²) in [5.41, 5.74) is 1.28. The van der Waals surface area contributed by atoms with E-state index < -0.39 is 5.82 Å². The first-order valence-electron chi connectivity index (χ1n) is 7.63. The summed E-state index contributed by atoms with van der Waals surface area (Å²) in [6.45, 7) is 0. The molecule has 0 amide bonds. The lowest BCUT2D eigenvalue weighted by molar-refractivity contribution is 0.386. The first-order valence-corrected chi connectivity index (χ1v) is 8.01. The highest BCUT2D eigenvalue weighted by molar-refractivity contribution is 6.29.